The lowest BCUT2D eigenvalue weighted by Gasteiger charge is -2.16. The largest absolute Gasteiger partial charge is 0.416 e. The molecule has 0 saturated carbocycles. The molecule has 0 heterocycles. The fourth-order valence-corrected chi connectivity index (χ4v) is 5.04. The summed E-state index contributed by atoms with van der Waals surface area (Å²) in [6.45, 7) is 3.88. The van der Waals surface area contributed by atoms with Crippen LogP contribution in [-0.4, -0.2) is 16.0 Å². The van der Waals surface area contributed by atoms with E-state index in [1.807, 2.05) is 44.2 Å². The molecule has 0 amide bonds. The van der Waals surface area contributed by atoms with E-state index in [2.05, 4.69) is 5.32 Å². The molecule has 0 aliphatic carbocycles. The highest BCUT2D eigenvalue weighted by atomic mass is 32.2. The Morgan fingerprint density at radius 1 is 0.865 bits per heavy atom. The Morgan fingerprint density at radius 2 is 1.49 bits per heavy atom. The van der Waals surface area contributed by atoms with Gasteiger partial charge in [-0.05, 0) is 60.1 Å². The lowest BCUT2D eigenvalue weighted by atomic mass is 10.00. The number of alkyl halides is 6. The standard InChI is InChI=1S/C28H25F6NS2/c1-3-37-25(15-18(2)35-26(36)21-11-13-23(14-12-21)27(29,30)31)16-19-7-9-20(10-8-19)22-5-4-6-24(17-22)28(32,33)34/h4-15,17,25H,3,16H2,1-2H3,(H,35,36)/b18-15+. The van der Waals surface area contributed by atoms with Crippen molar-refractivity contribution in [3.05, 3.63) is 107 Å². The molecule has 0 radical (unpaired) electrons. The van der Waals surface area contributed by atoms with Crippen LogP contribution >= 0.6 is 24.0 Å². The van der Waals surface area contributed by atoms with Crippen LogP contribution < -0.4 is 5.32 Å². The Kier molecular flexibility index (Phi) is 9.47. The van der Waals surface area contributed by atoms with Gasteiger partial charge in [0.1, 0.15) is 4.99 Å². The highest BCUT2D eigenvalue weighted by Crippen LogP contribution is 2.32. The monoisotopic (exact) mass is 553 g/mol. The van der Waals surface area contributed by atoms with E-state index in [1.54, 1.807) is 17.8 Å². The van der Waals surface area contributed by atoms with Gasteiger partial charge < -0.3 is 5.32 Å². The van der Waals surface area contributed by atoms with Gasteiger partial charge in [-0.2, -0.15) is 38.1 Å². The van der Waals surface area contributed by atoms with E-state index in [4.69, 9.17) is 12.2 Å². The molecule has 1 nitrogen and oxygen atoms in total. The van der Waals surface area contributed by atoms with Crippen LogP contribution in [0.25, 0.3) is 11.1 Å². The summed E-state index contributed by atoms with van der Waals surface area (Å²) < 4.78 is 77.5. The van der Waals surface area contributed by atoms with Gasteiger partial charge in [0.2, 0.25) is 0 Å². The van der Waals surface area contributed by atoms with Crippen molar-refractivity contribution in [1.29, 1.82) is 0 Å². The molecule has 3 aromatic rings. The lowest BCUT2D eigenvalue weighted by molar-refractivity contribution is -0.138. The van der Waals surface area contributed by atoms with Gasteiger partial charge in [-0.3, -0.25) is 0 Å². The van der Waals surface area contributed by atoms with Crippen LogP contribution in [0.1, 0.15) is 36.1 Å². The number of benzene rings is 3. The van der Waals surface area contributed by atoms with Crippen molar-refractivity contribution in [1.82, 2.24) is 5.32 Å². The average Bonchev–Trinajstić information content (AvgIpc) is 2.83. The van der Waals surface area contributed by atoms with E-state index in [1.165, 1.54) is 18.2 Å². The van der Waals surface area contributed by atoms with Crippen molar-refractivity contribution < 1.29 is 26.3 Å². The van der Waals surface area contributed by atoms with E-state index < -0.39 is 23.5 Å². The van der Waals surface area contributed by atoms with Crippen LogP contribution in [-0.2, 0) is 18.8 Å². The molecule has 3 rings (SSSR count). The normalized spacial score (nSPS) is 13.4. The third-order valence-corrected chi connectivity index (χ3v) is 6.92. The number of allylic oxidation sites excluding steroid dienone is 1. The van der Waals surface area contributed by atoms with E-state index in [0.29, 0.717) is 28.1 Å². The first-order valence-electron chi connectivity index (χ1n) is 11.4. The number of halogens is 6. The van der Waals surface area contributed by atoms with Gasteiger partial charge in [0, 0.05) is 16.5 Å². The number of nitrogens with one attached hydrogen (secondary N) is 1. The fourth-order valence-electron chi connectivity index (χ4n) is 3.70. The zero-order valence-electron chi connectivity index (χ0n) is 20.1. The molecule has 0 saturated heterocycles. The molecule has 0 aliphatic heterocycles. The Morgan fingerprint density at radius 3 is 2.05 bits per heavy atom. The smallest absolute Gasteiger partial charge is 0.350 e. The average molecular weight is 554 g/mol. The maximum Gasteiger partial charge on any atom is 0.416 e. The first-order valence-corrected chi connectivity index (χ1v) is 12.9. The van der Waals surface area contributed by atoms with Crippen LogP contribution in [0.2, 0.25) is 0 Å². The van der Waals surface area contributed by atoms with E-state index in [9.17, 15) is 26.3 Å². The zero-order valence-corrected chi connectivity index (χ0v) is 21.7. The number of thiocarbonyl (C=S) groups is 1. The van der Waals surface area contributed by atoms with Crippen molar-refractivity contribution in [2.45, 2.75) is 37.9 Å². The van der Waals surface area contributed by atoms with Crippen LogP contribution in [0.5, 0.6) is 0 Å². The van der Waals surface area contributed by atoms with Gasteiger partial charge in [-0.25, -0.2) is 0 Å². The molecule has 1 atom stereocenters. The van der Waals surface area contributed by atoms with Crippen molar-refractivity contribution in [3.63, 3.8) is 0 Å². The molecule has 0 fully saturated rings. The topological polar surface area (TPSA) is 12.0 Å². The minimum Gasteiger partial charge on any atom is -0.350 e. The fraction of sp³-hybridized carbons (Fsp3) is 0.250. The van der Waals surface area contributed by atoms with Crippen molar-refractivity contribution in [2.24, 2.45) is 0 Å². The van der Waals surface area contributed by atoms with E-state index in [-0.39, 0.29) is 5.25 Å². The van der Waals surface area contributed by atoms with Crippen molar-refractivity contribution in [3.8, 4) is 11.1 Å². The second kappa shape index (κ2) is 12.2. The summed E-state index contributed by atoms with van der Waals surface area (Å²) in [7, 11) is 0. The summed E-state index contributed by atoms with van der Waals surface area (Å²) >= 11 is 7.09. The maximum absolute atomic E-state index is 13.0. The summed E-state index contributed by atoms with van der Waals surface area (Å²) in [5.74, 6) is 0.861. The second-order valence-electron chi connectivity index (χ2n) is 8.35. The molecule has 1 unspecified atom stereocenters. The number of hydrogen-bond acceptors (Lipinski definition) is 2. The zero-order chi connectivity index (χ0) is 27.2. The predicted molar refractivity (Wildman–Crippen MR) is 143 cm³/mol. The van der Waals surface area contributed by atoms with Crippen LogP contribution in [0.15, 0.2) is 84.6 Å². The van der Waals surface area contributed by atoms with Crippen molar-refractivity contribution in [2.75, 3.05) is 5.75 Å². The third kappa shape index (κ3) is 8.36. The summed E-state index contributed by atoms with van der Waals surface area (Å²) in [5.41, 5.74) is 2.07. The maximum atomic E-state index is 13.0. The van der Waals surface area contributed by atoms with Gasteiger partial charge in [0.25, 0.3) is 0 Å². The Balaban J connectivity index is 1.68. The molecular formula is C28H25F6NS2. The quantitative estimate of drug-likeness (QED) is 0.221. The molecule has 9 heteroatoms. The van der Waals surface area contributed by atoms with E-state index in [0.717, 1.165) is 41.3 Å². The van der Waals surface area contributed by atoms with Gasteiger partial charge >= 0.3 is 12.4 Å². The molecule has 196 valence electrons. The Labute approximate surface area is 222 Å². The minimum absolute atomic E-state index is 0.0901. The molecule has 37 heavy (non-hydrogen) atoms. The summed E-state index contributed by atoms with van der Waals surface area (Å²) in [5, 5.41) is 3.17. The van der Waals surface area contributed by atoms with Crippen LogP contribution in [0, 0.1) is 0 Å². The summed E-state index contributed by atoms with van der Waals surface area (Å²) in [4.78, 5) is 0.327. The Bertz CT molecular complexity index is 1230. The second-order valence-corrected chi connectivity index (χ2v) is 10.3. The SMILES string of the molecule is CCSC(/C=C(\C)NC(=S)c1ccc(C(F)(F)F)cc1)Cc1ccc(-c2cccc(C(F)(F)F)c2)cc1. The molecule has 0 aliphatic rings. The van der Waals surface area contributed by atoms with Gasteiger partial charge in [0.15, 0.2) is 0 Å². The van der Waals surface area contributed by atoms with Crippen molar-refractivity contribution >= 4 is 29.0 Å². The highest BCUT2D eigenvalue weighted by Gasteiger charge is 2.31. The molecule has 3 aromatic carbocycles. The first-order chi connectivity index (χ1) is 17.4. The van der Waals surface area contributed by atoms with Gasteiger partial charge in [-0.1, -0.05) is 73.7 Å². The molecule has 0 spiro atoms. The Hall–Kier alpha value is -2.78. The summed E-state index contributed by atoms with van der Waals surface area (Å²) in [6, 6.07) is 17.4. The number of thioether (sulfide) groups is 1. The molecule has 0 aromatic heterocycles. The van der Waals surface area contributed by atoms with Crippen LogP contribution in [0.3, 0.4) is 0 Å². The minimum atomic E-state index is -4.40. The van der Waals surface area contributed by atoms with E-state index >= 15 is 0 Å². The highest BCUT2D eigenvalue weighted by molar-refractivity contribution is 8.00. The molecule has 0 bridgehead atoms. The van der Waals surface area contributed by atoms with Gasteiger partial charge in [0.05, 0.1) is 11.1 Å². The third-order valence-electron chi connectivity index (χ3n) is 5.52. The summed E-state index contributed by atoms with van der Waals surface area (Å²) in [6.07, 6.45) is -6.09. The van der Waals surface area contributed by atoms with Crippen LogP contribution in [0.4, 0.5) is 26.3 Å². The van der Waals surface area contributed by atoms with Gasteiger partial charge in [-0.15, -0.1) is 0 Å². The lowest BCUT2D eigenvalue weighted by Crippen LogP contribution is -2.21. The predicted octanol–water partition coefficient (Wildman–Crippen LogP) is 8.92. The molecule has 1 N–H and O–H groups in total. The molecular weight excluding hydrogens is 528 g/mol. The first kappa shape index (κ1) is 28.8. The number of rotatable bonds is 8. The number of hydrogen-bond donors (Lipinski definition) is 1.